The lowest BCUT2D eigenvalue weighted by Crippen LogP contribution is -2.04. The first-order chi connectivity index (χ1) is 13.4. The van der Waals surface area contributed by atoms with Crippen molar-refractivity contribution in [1.82, 2.24) is 9.78 Å². The van der Waals surface area contributed by atoms with Gasteiger partial charge in [-0.1, -0.05) is 0 Å². The van der Waals surface area contributed by atoms with E-state index < -0.39 is 11.9 Å². The SMILES string of the molecule is COc1ccc(-c2nn(CCC(=O)O)cc2C=C2SC(N)=NC2=O)cc1OC. The first-order valence-corrected chi connectivity index (χ1v) is 9.02. The molecule has 3 N–H and O–H groups in total. The third kappa shape index (κ3) is 4.17. The van der Waals surface area contributed by atoms with Gasteiger partial charge in [-0.25, -0.2) is 0 Å². The Morgan fingerprint density at radius 1 is 1.32 bits per heavy atom. The fraction of sp³-hybridized carbons (Fsp3) is 0.222. The highest BCUT2D eigenvalue weighted by atomic mass is 32.2. The van der Waals surface area contributed by atoms with Gasteiger partial charge in [-0.2, -0.15) is 10.1 Å². The van der Waals surface area contributed by atoms with E-state index in [1.807, 2.05) is 6.07 Å². The Bertz CT molecular complexity index is 996. The minimum atomic E-state index is -0.925. The van der Waals surface area contributed by atoms with Crippen molar-refractivity contribution in [2.75, 3.05) is 14.2 Å². The van der Waals surface area contributed by atoms with E-state index in [0.717, 1.165) is 17.3 Å². The number of thioether (sulfide) groups is 1. The van der Waals surface area contributed by atoms with Crippen LogP contribution in [0.4, 0.5) is 0 Å². The molecule has 0 fully saturated rings. The molecule has 0 radical (unpaired) electrons. The molecule has 0 bridgehead atoms. The van der Waals surface area contributed by atoms with Crippen LogP contribution in [0.2, 0.25) is 0 Å². The van der Waals surface area contributed by atoms with Crippen molar-refractivity contribution in [3.05, 3.63) is 34.9 Å². The zero-order chi connectivity index (χ0) is 20.3. The van der Waals surface area contributed by atoms with E-state index in [9.17, 15) is 9.59 Å². The zero-order valence-electron chi connectivity index (χ0n) is 15.2. The fourth-order valence-corrected chi connectivity index (χ4v) is 3.31. The number of methoxy groups -OCH3 is 2. The molecule has 2 aromatic rings. The summed E-state index contributed by atoms with van der Waals surface area (Å²) >= 11 is 1.08. The van der Waals surface area contributed by atoms with Crippen LogP contribution in [0, 0.1) is 0 Å². The first-order valence-electron chi connectivity index (χ1n) is 8.21. The molecule has 28 heavy (non-hydrogen) atoms. The number of carbonyl (C=O) groups excluding carboxylic acids is 1. The maximum atomic E-state index is 11.9. The molecule has 0 spiro atoms. The van der Waals surface area contributed by atoms with Crippen molar-refractivity contribution in [3.63, 3.8) is 0 Å². The first kappa shape index (κ1) is 19.5. The minimum Gasteiger partial charge on any atom is -0.493 e. The van der Waals surface area contributed by atoms with Crippen molar-refractivity contribution in [1.29, 1.82) is 0 Å². The number of carboxylic acids is 1. The van der Waals surface area contributed by atoms with Crippen LogP contribution in [0.5, 0.6) is 11.5 Å². The molecule has 3 rings (SSSR count). The fourth-order valence-electron chi connectivity index (χ4n) is 2.64. The quantitative estimate of drug-likeness (QED) is 0.673. The van der Waals surface area contributed by atoms with Gasteiger partial charge in [0.15, 0.2) is 16.7 Å². The lowest BCUT2D eigenvalue weighted by atomic mass is 10.1. The summed E-state index contributed by atoms with van der Waals surface area (Å²) in [5.74, 6) is -0.249. The highest BCUT2D eigenvalue weighted by Gasteiger charge is 2.21. The van der Waals surface area contributed by atoms with Crippen molar-refractivity contribution < 1.29 is 24.2 Å². The predicted molar refractivity (Wildman–Crippen MR) is 105 cm³/mol. The second-order valence-corrected chi connectivity index (χ2v) is 6.84. The van der Waals surface area contributed by atoms with Gasteiger partial charge in [0.25, 0.3) is 5.91 Å². The number of hydrogen-bond acceptors (Lipinski definition) is 7. The smallest absolute Gasteiger partial charge is 0.305 e. The molecule has 1 aromatic carbocycles. The second-order valence-electron chi connectivity index (χ2n) is 5.78. The minimum absolute atomic E-state index is 0.0766. The van der Waals surface area contributed by atoms with Gasteiger partial charge in [-0.05, 0) is 36.0 Å². The van der Waals surface area contributed by atoms with E-state index in [0.29, 0.717) is 27.7 Å². The van der Waals surface area contributed by atoms with E-state index in [4.69, 9.17) is 20.3 Å². The van der Waals surface area contributed by atoms with Crippen LogP contribution in [0.25, 0.3) is 17.3 Å². The number of hydrogen-bond donors (Lipinski definition) is 2. The molecule has 0 unspecified atom stereocenters. The van der Waals surface area contributed by atoms with Crippen LogP contribution >= 0.6 is 11.8 Å². The molecule has 10 heteroatoms. The molecule has 1 aromatic heterocycles. The Kier molecular flexibility index (Phi) is 5.69. The summed E-state index contributed by atoms with van der Waals surface area (Å²) < 4.78 is 12.1. The van der Waals surface area contributed by atoms with Gasteiger partial charge in [-0.3, -0.25) is 14.3 Å². The third-order valence-electron chi connectivity index (χ3n) is 3.93. The largest absolute Gasteiger partial charge is 0.493 e. The van der Waals surface area contributed by atoms with Crippen molar-refractivity contribution in [3.8, 4) is 22.8 Å². The van der Waals surface area contributed by atoms with Gasteiger partial charge in [-0.15, -0.1) is 0 Å². The van der Waals surface area contributed by atoms with Crippen molar-refractivity contribution in [2.45, 2.75) is 13.0 Å². The maximum Gasteiger partial charge on any atom is 0.305 e. The van der Waals surface area contributed by atoms with Crippen LogP contribution in [0.1, 0.15) is 12.0 Å². The lowest BCUT2D eigenvalue weighted by Gasteiger charge is -2.09. The molecule has 0 saturated carbocycles. The highest BCUT2D eigenvalue weighted by Crippen LogP contribution is 2.35. The van der Waals surface area contributed by atoms with Crippen LogP contribution in [-0.4, -0.2) is 46.2 Å². The van der Waals surface area contributed by atoms with Gasteiger partial charge in [0, 0.05) is 17.3 Å². The molecule has 0 saturated heterocycles. The summed E-state index contributed by atoms with van der Waals surface area (Å²) in [5, 5.41) is 13.6. The molecule has 2 heterocycles. The molecule has 9 nitrogen and oxygen atoms in total. The number of aliphatic carboxylic acids is 1. The number of nitrogens with zero attached hydrogens (tertiary/aromatic N) is 3. The summed E-state index contributed by atoms with van der Waals surface area (Å²) in [5.41, 5.74) is 7.54. The van der Waals surface area contributed by atoms with Crippen LogP contribution in [0.15, 0.2) is 34.3 Å². The Morgan fingerprint density at radius 3 is 2.68 bits per heavy atom. The monoisotopic (exact) mass is 402 g/mol. The van der Waals surface area contributed by atoms with Gasteiger partial charge >= 0.3 is 5.97 Å². The summed E-state index contributed by atoms with van der Waals surface area (Å²) in [7, 11) is 3.07. The summed E-state index contributed by atoms with van der Waals surface area (Å²) in [6, 6.07) is 5.32. The van der Waals surface area contributed by atoms with Crippen LogP contribution in [-0.2, 0) is 16.1 Å². The van der Waals surface area contributed by atoms with E-state index in [1.165, 1.54) is 11.8 Å². The van der Waals surface area contributed by atoms with E-state index in [-0.39, 0.29) is 18.1 Å². The number of amidine groups is 1. The molecular formula is C18H18N4O5S. The molecule has 1 aliphatic heterocycles. The maximum absolute atomic E-state index is 11.9. The average molecular weight is 402 g/mol. The van der Waals surface area contributed by atoms with E-state index in [2.05, 4.69) is 10.1 Å². The summed E-state index contributed by atoms with van der Waals surface area (Å²) in [6.45, 7) is 0.193. The Balaban J connectivity index is 2.04. The number of carboxylic acid groups (broad SMARTS) is 1. The number of aromatic nitrogens is 2. The van der Waals surface area contributed by atoms with Crippen LogP contribution in [0.3, 0.4) is 0 Å². The number of aryl methyl sites for hydroxylation is 1. The number of amides is 1. The standard InChI is InChI=1S/C18H18N4O5S/c1-26-12-4-3-10(7-13(12)27-2)16-11(8-14-17(25)20-18(19)28-14)9-22(21-16)6-5-15(23)24/h3-4,7-9H,5-6H2,1-2H3,(H,23,24)(H2,19,20,25). The Morgan fingerprint density at radius 2 is 2.07 bits per heavy atom. The number of nitrogens with two attached hydrogens (primary N) is 1. The number of carbonyl (C=O) groups is 2. The Labute approximate surface area is 164 Å². The number of benzene rings is 1. The highest BCUT2D eigenvalue weighted by molar-refractivity contribution is 8.18. The van der Waals surface area contributed by atoms with Crippen molar-refractivity contribution in [2.24, 2.45) is 10.7 Å². The van der Waals surface area contributed by atoms with Crippen molar-refractivity contribution >= 4 is 34.9 Å². The van der Waals surface area contributed by atoms with E-state index >= 15 is 0 Å². The zero-order valence-corrected chi connectivity index (χ0v) is 16.0. The third-order valence-corrected chi connectivity index (χ3v) is 4.74. The van der Waals surface area contributed by atoms with E-state index in [1.54, 1.807) is 31.5 Å². The van der Waals surface area contributed by atoms with Gasteiger partial charge in [0.05, 0.1) is 37.8 Å². The molecular weight excluding hydrogens is 384 g/mol. The molecule has 1 amide bonds. The average Bonchev–Trinajstić information content (AvgIpc) is 3.22. The molecule has 146 valence electrons. The van der Waals surface area contributed by atoms with Gasteiger partial charge in [0.1, 0.15) is 0 Å². The number of aliphatic imine (C=N–C) groups is 1. The van der Waals surface area contributed by atoms with Gasteiger partial charge in [0.2, 0.25) is 0 Å². The Hall–Kier alpha value is -3.27. The summed E-state index contributed by atoms with van der Waals surface area (Å²) in [6.07, 6.45) is 3.25. The lowest BCUT2D eigenvalue weighted by molar-refractivity contribution is -0.137. The summed E-state index contributed by atoms with van der Waals surface area (Å²) in [4.78, 5) is 26.9. The topological polar surface area (TPSA) is 129 Å². The molecule has 0 atom stereocenters. The molecule has 0 aliphatic carbocycles. The van der Waals surface area contributed by atoms with Gasteiger partial charge < -0.3 is 20.3 Å². The predicted octanol–water partition coefficient (Wildman–Crippen LogP) is 1.97. The molecule has 1 aliphatic rings. The second kappa shape index (κ2) is 8.17. The number of ether oxygens (including phenoxy) is 2. The normalized spacial score (nSPS) is 15.0. The number of rotatable bonds is 7. The van der Waals surface area contributed by atoms with Crippen LogP contribution < -0.4 is 15.2 Å².